The second-order valence-electron chi connectivity index (χ2n) is 5.27. The van der Waals surface area contributed by atoms with Crippen LogP contribution < -0.4 is 5.32 Å². The first-order chi connectivity index (χ1) is 8.02. The van der Waals surface area contributed by atoms with Gasteiger partial charge in [0.1, 0.15) is 0 Å². The molecule has 0 radical (unpaired) electrons. The maximum atomic E-state index is 5.17. The average Bonchev–Trinajstić information content (AvgIpc) is 2.31. The summed E-state index contributed by atoms with van der Waals surface area (Å²) in [7, 11) is 1.77. The van der Waals surface area contributed by atoms with Crippen molar-refractivity contribution in [3.05, 3.63) is 0 Å². The van der Waals surface area contributed by atoms with Crippen molar-refractivity contribution >= 4 is 0 Å². The average molecular weight is 244 g/mol. The first-order valence-corrected chi connectivity index (χ1v) is 6.99. The van der Waals surface area contributed by atoms with Gasteiger partial charge in [-0.15, -0.1) is 0 Å². The SMILES string of the molecule is CCC(C)N(CCNC(C)C(C)C)CCOC. The molecule has 0 spiro atoms. The minimum absolute atomic E-state index is 0.594. The largest absolute Gasteiger partial charge is 0.383 e. The van der Waals surface area contributed by atoms with Gasteiger partial charge in [-0.05, 0) is 26.2 Å². The molecule has 0 aromatic rings. The molecule has 104 valence electrons. The summed E-state index contributed by atoms with van der Waals surface area (Å²) >= 11 is 0. The van der Waals surface area contributed by atoms with Crippen LogP contribution in [0.1, 0.15) is 41.0 Å². The van der Waals surface area contributed by atoms with Crippen LogP contribution in [0.5, 0.6) is 0 Å². The topological polar surface area (TPSA) is 24.5 Å². The molecule has 2 unspecified atom stereocenters. The van der Waals surface area contributed by atoms with Crippen LogP contribution >= 0.6 is 0 Å². The predicted molar refractivity (Wildman–Crippen MR) is 75.5 cm³/mol. The predicted octanol–water partition coefficient (Wildman–Crippen LogP) is 2.37. The molecule has 0 amide bonds. The van der Waals surface area contributed by atoms with Crippen molar-refractivity contribution < 1.29 is 4.74 Å². The van der Waals surface area contributed by atoms with Gasteiger partial charge in [0.2, 0.25) is 0 Å². The summed E-state index contributed by atoms with van der Waals surface area (Å²) in [4.78, 5) is 2.50. The van der Waals surface area contributed by atoms with Gasteiger partial charge in [-0.1, -0.05) is 20.8 Å². The summed E-state index contributed by atoms with van der Waals surface area (Å²) in [5.74, 6) is 0.700. The molecule has 0 aliphatic rings. The molecule has 0 bridgehead atoms. The van der Waals surface area contributed by atoms with Crippen molar-refractivity contribution in [3.8, 4) is 0 Å². The van der Waals surface area contributed by atoms with Crippen molar-refractivity contribution in [2.45, 2.75) is 53.1 Å². The van der Waals surface area contributed by atoms with Crippen molar-refractivity contribution in [1.82, 2.24) is 10.2 Å². The molecular weight excluding hydrogens is 212 g/mol. The van der Waals surface area contributed by atoms with Crippen LogP contribution in [0.3, 0.4) is 0 Å². The van der Waals surface area contributed by atoms with E-state index >= 15 is 0 Å². The number of ether oxygens (including phenoxy) is 1. The first kappa shape index (κ1) is 16.9. The lowest BCUT2D eigenvalue weighted by atomic mass is 10.1. The van der Waals surface area contributed by atoms with E-state index in [1.165, 1.54) is 6.42 Å². The third-order valence-electron chi connectivity index (χ3n) is 3.66. The van der Waals surface area contributed by atoms with Crippen molar-refractivity contribution in [2.24, 2.45) is 5.92 Å². The Bertz CT molecular complexity index is 174. The van der Waals surface area contributed by atoms with Crippen molar-refractivity contribution in [2.75, 3.05) is 33.4 Å². The summed E-state index contributed by atoms with van der Waals surface area (Å²) in [6.45, 7) is 15.3. The molecule has 0 fully saturated rings. The molecule has 0 aromatic heterocycles. The van der Waals surface area contributed by atoms with Gasteiger partial charge in [-0.25, -0.2) is 0 Å². The highest BCUT2D eigenvalue weighted by atomic mass is 16.5. The molecule has 17 heavy (non-hydrogen) atoms. The summed E-state index contributed by atoms with van der Waals surface area (Å²) < 4.78 is 5.17. The monoisotopic (exact) mass is 244 g/mol. The van der Waals surface area contributed by atoms with E-state index in [4.69, 9.17) is 4.74 Å². The van der Waals surface area contributed by atoms with E-state index in [-0.39, 0.29) is 0 Å². The fourth-order valence-electron chi connectivity index (χ4n) is 1.69. The van der Waals surface area contributed by atoms with E-state index in [2.05, 4.69) is 44.8 Å². The third kappa shape index (κ3) is 7.74. The maximum Gasteiger partial charge on any atom is 0.0589 e. The third-order valence-corrected chi connectivity index (χ3v) is 3.66. The van der Waals surface area contributed by atoms with Gasteiger partial charge in [0, 0.05) is 38.8 Å². The van der Waals surface area contributed by atoms with Crippen LogP contribution in [0.25, 0.3) is 0 Å². The summed E-state index contributed by atoms with van der Waals surface area (Å²) in [6, 6.07) is 1.23. The molecule has 0 saturated carbocycles. The summed E-state index contributed by atoms with van der Waals surface area (Å²) in [5.41, 5.74) is 0. The fraction of sp³-hybridized carbons (Fsp3) is 1.00. The number of hydrogen-bond acceptors (Lipinski definition) is 3. The standard InChI is InChI=1S/C14H32N2O/c1-7-13(4)16(10-11-17-6)9-8-15-14(5)12(2)3/h12-15H,7-11H2,1-6H3. The van der Waals surface area contributed by atoms with Gasteiger partial charge in [-0.3, -0.25) is 4.90 Å². The Morgan fingerprint density at radius 2 is 1.76 bits per heavy atom. The lowest BCUT2D eigenvalue weighted by molar-refractivity contribution is 0.122. The van der Waals surface area contributed by atoms with Crippen LogP contribution in [0, 0.1) is 5.92 Å². The highest BCUT2D eigenvalue weighted by molar-refractivity contribution is 4.70. The van der Waals surface area contributed by atoms with Crippen molar-refractivity contribution in [1.29, 1.82) is 0 Å². The highest BCUT2D eigenvalue weighted by Crippen LogP contribution is 2.03. The number of nitrogens with zero attached hydrogens (tertiary/aromatic N) is 1. The lowest BCUT2D eigenvalue weighted by Gasteiger charge is -2.29. The van der Waals surface area contributed by atoms with Gasteiger partial charge >= 0.3 is 0 Å². The Morgan fingerprint density at radius 3 is 2.24 bits per heavy atom. The van der Waals surface area contributed by atoms with Crippen molar-refractivity contribution in [3.63, 3.8) is 0 Å². The Balaban J connectivity index is 3.90. The smallest absolute Gasteiger partial charge is 0.0589 e. The zero-order chi connectivity index (χ0) is 13.3. The first-order valence-electron chi connectivity index (χ1n) is 6.99. The number of nitrogens with one attached hydrogen (secondary N) is 1. The van der Waals surface area contributed by atoms with Crippen LogP contribution in [0.2, 0.25) is 0 Å². The zero-order valence-electron chi connectivity index (χ0n) is 12.6. The van der Waals surface area contributed by atoms with E-state index in [9.17, 15) is 0 Å². The van der Waals surface area contributed by atoms with E-state index in [1.54, 1.807) is 7.11 Å². The molecular formula is C14H32N2O. The quantitative estimate of drug-likeness (QED) is 0.638. The van der Waals surface area contributed by atoms with Gasteiger partial charge < -0.3 is 10.1 Å². The van der Waals surface area contributed by atoms with Gasteiger partial charge in [0.05, 0.1) is 6.61 Å². The normalized spacial score (nSPS) is 15.5. The molecule has 0 saturated heterocycles. The van der Waals surface area contributed by atoms with E-state index in [0.717, 1.165) is 26.2 Å². The zero-order valence-corrected chi connectivity index (χ0v) is 12.6. The summed E-state index contributed by atoms with van der Waals surface area (Å²) in [6.07, 6.45) is 1.20. The number of methoxy groups -OCH3 is 1. The van der Waals surface area contributed by atoms with Crippen LogP contribution in [-0.4, -0.2) is 50.3 Å². The fourth-order valence-corrected chi connectivity index (χ4v) is 1.69. The minimum atomic E-state index is 0.594. The molecule has 3 heteroatoms. The lowest BCUT2D eigenvalue weighted by Crippen LogP contribution is -2.42. The Hall–Kier alpha value is -0.120. The van der Waals surface area contributed by atoms with Crippen LogP contribution in [0.15, 0.2) is 0 Å². The molecule has 0 heterocycles. The molecule has 3 nitrogen and oxygen atoms in total. The highest BCUT2D eigenvalue weighted by Gasteiger charge is 2.12. The minimum Gasteiger partial charge on any atom is -0.383 e. The molecule has 0 aliphatic carbocycles. The molecule has 0 rings (SSSR count). The molecule has 2 atom stereocenters. The van der Waals surface area contributed by atoms with E-state index < -0.39 is 0 Å². The Labute approximate surface area is 108 Å². The Kier molecular flexibility index (Phi) is 9.79. The Morgan fingerprint density at radius 1 is 1.12 bits per heavy atom. The second-order valence-corrected chi connectivity index (χ2v) is 5.27. The van der Waals surface area contributed by atoms with Gasteiger partial charge in [0.25, 0.3) is 0 Å². The summed E-state index contributed by atoms with van der Waals surface area (Å²) in [5, 5.41) is 3.59. The molecule has 1 N–H and O–H groups in total. The van der Waals surface area contributed by atoms with Crippen LogP contribution in [-0.2, 0) is 4.74 Å². The molecule has 0 aliphatic heterocycles. The van der Waals surface area contributed by atoms with Gasteiger partial charge in [0.15, 0.2) is 0 Å². The molecule has 0 aromatic carbocycles. The van der Waals surface area contributed by atoms with Gasteiger partial charge in [-0.2, -0.15) is 0 Å². The number of hydrogen-bond donors (Lipinski definition) is 1. The maximum absolute atomic E-state index is 5.17. The van der Waals surface area contributed by atoms with E-state index in [0.29, 0.717) is 18.0 Å². The second kappa shape index (κ2) is 9.86. The van der Waals surface area contributed by atoms with E-state index in [1.807, 2.05) is 0 Å². The van der Waals surface area contributed by atoms with Crippen LogP contribution in [0.4, 0.5) is 0 Å². The number of rotatable bonds is 10.